The van der Waals surface area contributed by atoms with Gasteiger partial charge in [-0.2, -0.15) is 11.8 Å². The van der Waals surface area contributed by atoms with Crippen molar-refractivity contribution in [2.24, 2.45) is 4.99 Å². The molecule has 1 aromatic heterocycles. The Morgan fingerprint density at radius 2 is 2.21 bits per heavy atom. The highest BCUT2D eigenvalue weighted by atomic mass is 127. The molecule has 1 fully saturated rings. The molecule has 0 spiro atoms. The fourth-order valence-electron chi connectivity index (χ4n) is 2.33. The van der Waals surface area contributed by atoms with E-state index in [4.69, 9.17) is 0 Å². The number of carbonyl (C=O) groups excluding carboxylic acids is 1. The number of hydrogen-bond acceptors (Lipinski definition) is 4. The van der Waals surface area contributed by atoms with Crippen LogP contribution >= 0.6 is 47.1 Å². The molecule has 1 saturated heterocycles. The first-order valence-corrected chi connectivity index (χ1v) is 9.64. The van der Waals surface area contributed by atoms with Gasteiger partial charge in [0.25, 0.3) is 0 Å². The Bertz CT molecular complexity index is 546. The van der Waals surface area contributed by atoms with Gasteiger partial charge in [0.15, 0.2) is 5.96 Å². The third-order valence-corrected chi connectivity index (χ3v) is 5.76. The van der Waals surface area contributed by atoms with Crippen LogP contribution in [0.15, 0.2) is 22.5 Å². The molecule has 2 heterocycles. The lowest BCUT2D eigenvalue weighted by molar-refractivity contribution is -0.127. The summed E-state index contributed by atoms with van der Waals surface area (Å²) in [6, 6.07) is 4.16. The Balaban J connectivity index is 0.00000288. The van der Waals surface area contributed by atoms with Gasteiger partial charge in [0.1, 0.15) is 6.54 Å². The van der Waals surface area contributed by atoms with E-state index in [2.05, 4.69) is 46.6 Å². The first-order valence-electron chi connectivity index (χ1n) is 7.77. The number of carbonyl (C=O) groups is 1. The predicted molar refractivity (Wildman–Crippen MR) is 116 cm³/mol. The number of thiophene rings is 1. The molecular weight excluding hydrogens is 455 g/mol. The highest BCUT2D eigenvalue weighted by Gasteiger charge is 2.28. The van der Waals surface area contributed by atoms with Crippen LogP contribution in [0.2, 0.25) is 0 Å². The molecule has 2 rings (SSSR count). The van der Waals surface area contributed by atoms with Gasteiger partial charge in [-0.1, -0.05) is 6.07 Å². The lowest BCUT2D eigenvalue weighted by atomic mass is 10.2. The SMILES string of the molecule is CN(C)C(=O)CN=C(NCc1cccs1)N1CCSC(C)(C)C1.I. The molecule has 8 heteroatoms. The third kappa shape index (κ3) is 6.79. The molecule has 1 aliphatic rings. The summed E-state index contributed by atoms with van der Waals surface area (Å²) in [4.78, 5) is 21.5. The molecule has 0 atom stereocenters. The number of amides is 1. The van der Waals surface area contributed by atoms with Crippen molar-refractivity contribution in [3.63, 3.8) is 0 Å². The lowest BCUT2D eigenvalue weighted by Crippen LogP contribution is -2.51. The Morgan fingerprint density at radius 3 is 2.79 bits per heavy atom. The number of thioether (sulfide) groups is 1. The summed E-state index contributed by atoms with van der Waals surface area (Å²) in [5.74, 6) is 1.93. The Kier molecular flexibility index (Phi) is 8.86. The summed E-state index contributed by atoms with van der Waals surface area (Å²) in [5, 5.41) is 5.50. The van der Waals surface area contributed by atoms with Crippen LogP contribution in [0, 0.1) is 0 Å². The molecule has 0 saturated carbocycles. The van der Waals surface area contributed by atoms with Crippen LogP contribution in [0.3, 0.4) is 0 Å². The maximum atomic E-state index is 11.9. The number of likely N-dealkylation sites (N-methyl/N-ethyl adjacent to an activating group) is 1. The molecule has 0 aromatic carbocycles. The quantitative estimate of drug-likeness (QED) is 0.408. The molecule has 1 aliphatic heterocycles. The van der Waals surface area contributed by atoms with E-state index in [1.807, 2.05) is 11.8 Å². The zero-order valence-corrected chi connectivity index (χ0v) is 18.7. The van der Waals surface area contributed by atoms with Gasteiger partial charge < -0.3 is 15.1 Å². The minimum absolute atomic E-state index is 0. The van der Waals surface area contributed by atoms with Gasteiger partial charge in [-0.05, 0) is 25.3 Å². The molecule has 136 valence electrons. The highest BCUT2D eigenvalue weighted by molar-refractivity contribution is 14.0. The van der Waals surface area contributed by atoms with Crippen LogP contribution in [0.4, 0.5) is 0 Å². The number of nitrogens with zero attached hydrogens (tertiary/aromatic N) is 3. The summed E-state index contributed by atoms with van der Waals surface area (Å²) in [5.41, 5.74) is 0. The van der Waals surface area contributed by atoms with Crippen LogP contribution in [-0.4, -0.2) is 65.9 Å². The van der Waals surface area contributed by atoms with Crippen molar-refractivity contribution in [1.29, 1.82) is 0 Å². The number of nitrogens with one attached hydrogen (secondary N) is 1. The summed E-state index contributed by atoms with van der Waals surface area (Å²) in [6.07, 6.45) is 0. The maximum absolute atomic E-state index is 11.9. The number of rotatable bonds is 4. The average Bonchev–Trinajstić information content (AvgIpc) is 2.99. The van der Waals surface area contributed by atoms with Gasteiger partial charge in [0.05, 0.1) is 6.54 Å². The van der Waals surface area contributed by atoms with E-state index in [1.54, 1.807) is 30.3 Å². The van der Waals surface area contributed by atoms with E-state index in [1.165, 1.54) is 4.88 Å². The van der Waals surface area contributed by atoms with E-state index >= 15 is 0 Å². The summed E-state index contributed by atoms with van der Waals surface area (Å²) in [7, 11) is 3.52. The molecule has 1 N–H and O–H groups in total. The topological polar surface area (TPSA) is 47.9 Å². The summed E-state index contributed by atoms with van der Waals surface area (Å²) < 4.78 is 0.204. The monoisotopic (exact) mass is 482 g/mol. The Hall–Kier alpha value is -0.480. The minimum atomic E-state index is 0. The van der Waals surface area contributed by atoms with Crippen molar-refractivity contribution in [1.82, 2.24) is 15.1 Å². The fraction of sp³-hybridized carbons (Fsp3) is 0.625. The van der Waals surface area contributed by atoms with Crippen LogP contribution in [0.25, 0.3) is 0 Å². The van der Waals surface area contributed by atoms with Gasteiger partial charge in [-0.25, -0.2) is 4.99 Å². The van der Waals surface area contributed by atoms with Gasteiger partial charge >= 0.3 is 0 Å². The Labute approximate surface area is 170 Å². The number of guanidine groups is 1. The zero-order chi connectivity index (χ0) is 16.9. The van der Waals surface area contributed by atoms with Crippen molar-refractivity contribution in [3.8, 4) is 0 Å². The van der Waals surface area contributed by atoms with E-state index in [0.29, 0.717) is 0 Å². The largest absolute Gasteiger partial charge is 0.351 e. The first kappa shape index (κ1) is 21.6. The van der Waals surface area contributed by atoms with E-state index in [0.717, 1.165) is 31.3 Å². The van der Waals surface area contributed by atoms with E-state index < -0.39 is 0 Å². The highest BCUT2D eigenvalue weighted by Crippen LogP contribution is 2.29. The molecule has 1 aromatic rings. The van der Waals surface area contributed by atoms with Crippen molar-refractivity contribution in [2.45, 2.75) is 25.1 Å². The minimum Gasteiger partial charge on any atom is -0.351 e. The molecule has 5 nitrogen and oxygen atoms in total. The molecular formula is C16H27IN4OS2. The second-order valence-electron chi connectivity index (χ2n) is 6.39. The molecule has 0 unspecified atom stereocenters. The van der Waals surface area contributed by atoms with Crippen LogP contribution < -0.4 is 5.32 Å². The number of halogens is 1. The summed E-state index contributed by atoms with van der Waals surface area (Å²) in [6.45, 7) is 7.34. The number of hydrogen-bond donors (Lipinski definition) is 1. The normalized spacial score (nSPS) is 17.2. The fourth-order valence-corrected chi connectivity index (χ4v) is 4.08. The van der Waals surface area contributed by atoms with E-state index in [9.17, 15) is 4.79 Å². The van der Waals surface area contributed by atoms with Gasteiger partial charge in [0, 0.05) is 42.6 Å². The van der Waals surface area contributed by atoms with Gasteiger partial charge in [-0.3, -0.25) is 4.79 Å². The average molecular weight is 482 g/mol. The standard InChI is InChI=1S/C16H26N4OS2.HI/c1-16(2)12-20(7-9-23-16)15(18-11-14(21)19(3)4)17-10-13-6-5-8-22-13;/h5-6,8H,7,9-12H2,1-4H3,(H,17,18);1H. The van der Waals surface area contributed by atoms with Crippen LogP contribution in [-0.2, 0) is 11.3 Å². The predicted octanol–water partition coefficient (Wildman–Crippen LogP) is 2.73. The zero-order valence-electron chi connectivity index (χ0n) is 14.7. The first-order chi connectivity index (χ1) is 10.9. The molecule has 24 heavy (non-hydrogen) atoms. The third-order valence-electron chi connectivity index (χ3n) is 3.59. The van der Waals surface area contributed by atoms with Crippen LogP contribution in [0.1, 0.15) is 18.7 Å². The van der Waals surface area contributed by atoms with Gasteiger partial charge in [-0.15, -0.1) is 35.3 Å². The molecule has 0 aliphatic carbocycles. The van der Waals surface area contributed by atoms with Crippen LogP contribution in [0.5, 0.6) is 0 Å². The summed E-state index contributed by atoms with van der Waals surface area (Å²) >= 11 is 3.71. The van der Waals surface area contributed by atoms with E-state index in [-0.39, 0.29) is 41.2 Å². The molecule has 0 bridgehead atoms. The van der Waals surface area contributed by atoms with Crippen molar-refractivity contribution >= 4 is 58.9 Å². The second-order valence-corrected chi connectivity index (χ2v) is 9.22. The maximum Gasteiger partial charge on any atom is 0.243 e. The lowest BCUT2D eigenvalue weighted by Gasteiger charge is -2.39. The van der Waals surface area contributed by atoms with Crippen molar-refractivity contribution in [3.05, 3.63) is 22.4 Å². The smallest absolute Gasteiger partial charge is 0.243 e. The molecule has 0 radical (unpaired) electrons. The van der Waals surface area contributed by atoms with Crippen molar-refractivity contribution in [2.75, 3.05) is 39.5 Å². The molecule has 1 amide bonds. The van der Waals surface area contributed by atoms with Gasteiger partial charge in [0.2, 0.25) is 5.91 Å². The Morgan fingerprint density at radius 1 is 1.46 bits per heavy atom. The number of aliphatic imine (C=N–C) groups is 1. The second kappa shape index (κ2) is 9.86. The van der Waals surface area contributed by atoms with Crippen molar-refractivity contribution < 1.29 is 4.79 Å².